The number of allylic oxidation sites excluding steroid dienone is 1. The SMILES string of the molecule is CC(=O)c1sc(=O)[nH]c1C.Cc1[nH]c(=O)sc1C(=O)C=CN(C)C. The topological polar surface area (TPSA) is 103 Å². The Labute approximate surface area is 146 Å². The van der Waals surface area contributed by atoms with Gasteiger partial charge in [-0.05, 0) is 13.8 Å². The summed E-state index contributed by atoms with van der Waals surface area (Å²) in [6.07, 6.45) is 3.11. The molecule has 2 rings (SSSR count). The molecule has 0 bridgehead atoms. The van der Waals surface area contributed by atoms with E-state index in [2.05, 4.69) is 9.97 Å². The molecule has 2 N–H and O–H groups in total. The van der Waals surface area contributed by atoms with Crippen molar-refractivity contribution in [3.63, 3.8) is 0 Å². The van der Waals surface area contributed by atoms with Crippen molar-refractivity contribution in [2.45, 2.75) is 20.8 Å². The first-order valence-corrected chi connectivity index (χ1v) is 8.54. The number of carbonyl (C=O) groups is 2. The third-order valence-electron chi connectivity index (χ3n) is 2.72. The van der Waals surface area contributed by atoms with Crippen LogP contribution in [0.25, 0.3) is 0 Å². The van der Waals surface area contributed by atoms with Gasteiger partial charge in [0.25, 0.3) is 0 Å². The quantitative estimate of drug-likeness (QED) is 0.633. The number of thiazole rings is 2. The zero-order chi connectivity index (χ0) is 18.4. The highest BCUT2D eigenvalue weighted by atomic mass is 32.1. The predicted molar refractivity (Wildman–Crippen MR) is 96.5 cm³/mol. The molecule has 0 fully saturated rings. The van der Waals surface area contributed by atoms with Gasteiger partial charge in [0.05, 0.1) is 9.75 Å². The van der Waals surface area contributed by atoms with Crippen molar-refractivity contribution in [3.05, 3.63) is 52.8 Å². The normalized spacial score (nSPS) is 10.4. The predicted octanol–water partition coefficient (Wildman–Crippen LogP) is 1.95. The molecule has 0 saturated carbocycles. The highest BCUT2D eigenvalue weighted by Gasteiger charge is 2.10. The maximum absolute atomic E-state index is 11.5. The Bertz CT molecular complexity index is 868. The number of aryl methyl sites for hydroxylation is 2. The van der Waals surface area contributed by atoms with E-state index in [4.69, 9.17) is 0 Å². The van der Waals surface area contributed by atoms with Gasteiger partial charge in [-0.2, -0.15) is 0 Å². The van der Waals surface area contributed by atoms with Crippen LogP contribution in [0.3, 0.4) is 0 Å². The van der Waals surface area contributed by atoms with E-state index in [1.807, 2.05) is 14.1 Å². The van der Waals surface area contributed by atoms with E-state index in [1.54, 1.807) is 24.9 Å². The molecule has 9 heteroatoms. The summed E-state index contributed by atoms with van der Waals surface area (Å²) in [5.74, 6) is -0.194. The van der Waals surface area contributed by atoms with Crippen LogP contribution in [0.15, 0.2) is 21.9 Å². The number of hydrogen-bond acceptors (Lipinski definition) is 7. The van der Waals surface area contributed by atoms with Gasteiger partial charge in [0.2, 0.25) is 0 Å². The van der Waals surface area contributed by atoms with E-state index in [9.17, 15) is 19.2 Å². The first-order chi connectivity index (χ1) is 11.1. The van der Waals surface area contributed by atoms with Crippen molar-refractivity contribution in [1.29, 1.82) is 0 Å². The fraction of sp³-hybridized carbons (Fsp3) is 0.333. The molecule has 0 amide bonds. The summed E-state index contributed by atoms with van der Waals surface area (Å²) < 4.78 is 0. The van der Waals surface area contributed by atoms with Gasteiger partial charge in [-0.15, -0.1) is 0 Å². The number of H-pyrrole nitrogens is 2. The second kappa shape index (κ2) is 8.55. The molecular weight excluding hydrogens is 350 g/mol. The average molecular weight is 369 g/mol. The number of aromatic nitrogens is 2. The number of hydrogen-bond donors (Lipinski definition) is 2. The Morgan fingerprint density at radius 2 is 1.42 bits per heavy atom. The minimum absolute atomic E-state index is 0.0548. The van der Waals surface area contributed by atoms with E-state index in [0.29, 0.717) is 21.1 Å². The molecule has 130 valence electrons. The maximum Gasteiger partial charge on any atom is 0.305 e. The van der Waals surface area contributed by atoms with Crippen LogP contribution in [-0.4, -0.2) is 40.5 Å². The lowest BCUT2D eigenvalue weighted by atomic mass is 10.3. The molecule has 0 aromatic carbocycles. The summed E-state index contributed by atoms with van der Waals surface area (Å²) >= 11 is 1.91. The van der Waals surface area contributed by atoms with Gasteiger partial charge in [0.15, 0.2) is 11.6 Å². The van der Waals surface area contributed by atoms with E-state index in [0.717, 1.165) is 22.7 Å². The minimum atomic E-state index is -0.191. The lowest BCUT2D eigenvalue weighted by molar-refractivity contribution is 0.101. The highest BCUT2D eigenvalue weighted by molar-refractivity contribution is 7.11. The molecule has 2 aromatic heterocycles. The van der Waals surface area contributed by atoms with Crippen LogP contribution < -0.4 is 9.75 Å². The van der Waals surface area contributed by atoms with Gasteiger partial charge >= 0.3 is 9.75 Å². The summed E-state index contributed by atoms with van der Waals surface area (Å²) in [4.78, 5) is 51.3. The van der Waals surface area contributed by atoms with Crippen LogP contribution in [0, 0.1) is 13.8 Å². The molecule has 0 atom stereocenters. The Hall–Kier alpha value is -2.26. The van der Waals surface area contributed by atoms with Crippen LogP contribution in [0.2, 0.25) is 0 Å². The summed E-state index contributed by atoms with van der Waals surface area (Å²) in [7, 11) is 3.66. The van der Waals surface area contributed by atoms with Crippen molar-refractivity contribution >= 4 is 34.2 Å². The number of rotatable bonds is 4. The van der Waals surface area contributed by atoms with Crippen molar-refractivity contribution in [2.24, 2.45) is 0 Å². The summed E-state index contributed by atoms with van der Waals surface area (Å²) in [5, 5.41) is 0. The summed E-state index contributed by atoms with van der Waals surface area (Å²) in [6, 6.07) is 0. The fourth-order valence-electron chi connectivity index (χ4n) is 1.67. The van der Waals surface area contributed by atoms with Crippen LogP contribution in [0.1, 0.15) is 37.7 Å². The molecule has 7 nitrogen and oxygen atoms in total. The number of aromatic amines is 2. The van der Waals surface area contributed by atoms with Crippen LogP contribution >= 0.6 is 22.7 Å². The van der Waals surface area contributed by atoms with Gasteiger partial charge in [-0.25, -0.2) is 0 Å². The summed E-state index contributed by atoms with van der Waals surface area (Å²) in [6.45, 7) is 4.88. The molecule has 0 saturated heterocycles. The lowest BCUT2D eigenvalue weighted by Crippen LogP contribution is -2.02. The molecule has 0 radical (unpaired) electrons. The van der Waals surface area contributed by atoms with Crippen LogP contribution in [0.5, 0.6) is 0 Å². The zero-order valence-corrected chi connectivity index (χ0v) is 15.7. The Balaban J connectivity index is 0.000000254. The summed E-state index contributed by atoms with van der Waals surface area (Å²) in [5.41, 5.74) is 1.30. The largest absolute Gasteiger partial charge is 0.383 e. The smallest absolute Gasteiger partial charge is 0.305 e. The highest BCUT2D eigenvalue weighted by Crippen LogP contribution is 2.09. The first kappa shape index (κ1) is 19.8. The van der Waals surface area contributed by atoms with Crippen molar-refractivity contribution in [3.8, 4) is 0 Å². The number of Topliss-reactive ketones (excluding diaryl/α,β-unsaturated/α-hetero) is 1. The minimum Gasteiger partial charge on any atom is -0.383 e. The number of carbonyl (C=O) groups excluding carboxylic acids is 2. The lowest BCUT2D eigenvalue weighted by Gasteiger charge is -2.01. The molecule has 0 aliphatic carbocycles. The zero-order valence-electron chi connectivity index (χ0n) is 14.1. The van der Waals surface area contributed by atoms with E-state index in [-0.39, 0.29) is 21.3 Å². The van der Waals surface area contributed by atoms with Gasteiger partial charge < -0.3 is 14.9 Å². The molecule has 0 aliphatic heterocycles. The molecule has 2 aromatic rings. The van der Waals surface area contributed by atoms with E-state index in [1.165, 1.54) is 13.0 Å². The standard InChI is InChI=1S/C9H12N2O2S.C6H7NO2S/c1-6-8(14-9(13)10-6)7(12)4-5-11(2)3;1-3-5(4(2)8)10-6(9)7-3/h4-5H,1-3H3,(H,10,13);1-2H3,(H,7,9). The first-order valence-electron chi connectivity index (χ1n) is 6.91. The third-order valence-corrected chi connectivity index (χ3v) is 4.80. The molecule has 2 heterocycles. The molecule has 0 unspecified atom stereocenters. The molecule has 0 spiro atoms. The fourth-order valence-corrected chi connectivity index (χ4v) is 3.17. The number of nitrogens with zero attached hydrogens (tertiary/aromatic N) is 1. The Morgan fingerprint density at radius 1 is 0.958 bits per heavy atom. The molecule has 0 aliphatic rings. The molecular formula is C15H19N3O4S2. The maximum atomic E-state index is 11.5. The number of ketones is 2. The van der Waals surface area contributed by atoms with Gasteiger partial charge in [0, 0.05) is 44.7 Å². The molecule has 24 heavy (non-hydrogen) atoms. The van der Waals surface area contributed by atoms with Crippen LogP contribution in [-0.2, 0) is 0 Å². The van der Waals surface area contributed by atoms with Crippen molar-refractivity contribution < 1.29 is 9.59 Å². The van der Waals surface area contributed by atoms with Crippen molar-refractivity contribution in [2.75, 3.05) is 14.1 Å². The van der Waals surface area contributed by atoms with E-state index < -0.39 is 0 Å². The number of nitrogens with one attached hydrogen (secondary N) is 2. The second-order valence-corrected chi connectivity index (χ2v) is 7.10. The third kappa shape index (κ3) is 5.74. The van der Waals surface area contributed by atoms with Gasteiger partial charge in [-0.3, -0.25) is 19.2 Å². The monoisotopic (exact) mass is 369 g/mol. The second-order valence-electron chi connectivity index (χ2n) is 5.14. The van der Waals surface area contributed by atoms with Crippen molar-refractivity contribution in [1.82, 2.24) is 14.9 Å². The van der Waals surface area contributed by atoms with Crippen LogP contribution in [0.4, 0.5) is 0 Å². The van der Waals surface area contributed by atoms with Gasteiger partial charge in [0.1, 0.15) is 0 Å². The van der Waals surface area contributed by atoms with E-state index >= 15 is 0 Å². The Kier molecular flexibility index (Phi) is 7.05. The average Bonchev–Trinajstić information content (AvgIpc) is 2.98. The Morgan fingerprint density at radius 3 is 1.71 bits per heavy atom. The van der Waals surface area contributed by atoms with Gasteiger partial charge in [-0.1, -0.05) is 22.7 Å².